The van der Waals surface area contributed by atoms with Crippen LogP contribution >= 0.6 is 0 Å². The van der Waals surface area contributed by atoms with E-state index in [1.165, 1.54) is 0 Å². The van der Waals surface area contributed by atoms with Gasteiger partial charge in [-0.3, -0.25) is 4.79 Å². The highest BCUT2D eigenvalue weighted by atomic mass is 16.5. The number of carbonyl (C=O) groups excluding carboxylic acids is 1. The van der Waals surface area contributed by atoms with E-state index in [0.717, 1.165) is 38.0 Å². The summed E-state index contributed by atoms with van der Waals surface area (Å²) in [5.74, 6) is 0.0984. The molecule has 2 atom stereocenters. The van der Waals surface area contributed by atoms with Crippen molar-refractivity contribution >= 4 is 5.91 Å². The van der Waals surface area contributed by atoms with Crippen molar-refractivity contribution in [1.82, 2.24) is 9.80 Å². The Bertz CT molecular complexity index is 514. The summed E-state index contributed by atoms with van der Waals surface area (Å²) in [4.78, 5) is 16.4. The van der Waals surface area contributed by atoms with Crippen LogP contribution in [0.25, 0.3) is 0 Å². The summed E-state index contributed by atoms with van der Waals surface area (Å²) in [6.45, 7) is 5.45. The smallest absolute Gasteiger partial charge is 0.220 e. The van der Waals surface area contributed by atoms with Crippen LogP contribution in [0.15, 0.2) is 30.3 Å². The molecule has 0 saturated carbocycles. The Hall–Kier alpha value is -1.43. The zero-order chi connectivity index (χ0) is 16.2. The van der Waals surface area contributed by atoms with Crippen LogP contribution in [0.1, 0.15) is 31.4 Å². The molecule has 1 N–H and O–H groups in total. The van der Waals surface area contributed by atoms with Gasteiger partial charge >= 0.3 is 0 Å². The second-order valence-corrected chi connectivity index (χ2v) is 6.51. The normalized spacial score (nSPS) is 27.1. The first-order valence-corrected chi connectivity index (χ1v) is 8.49. The molecule has 0 spiro atoms. The van der Waals surface area contributed by atoms with Crippen LogP contribution in [0.3, 0.4) is 0 Å². The van der Waals surface area contributed by atoms with Crippen molar-refractivity contribution < 1.29 is 14.6 Å². The summed E-state index contributed by atoms with van der Waals surface area (Å²) >= 11 is 0. The molecule has 0 aliphatic carbocycles. The Morgan fingerprint density at radius 3 is 2.57 bits per heavy atom. The molecule has 2 fully saturated rings. The van der Waals surface area contributed by atoms with Gasteiger partial charge < -0.3 is 19.6 Å². The van der Waals surface area contributed by atoms with E-state index in [1.807, 2.05) is 23.1 Å². The summed E-state index contributed by atoms with van der Waals surface area (Å²) < 4.78 is 6.06. The Kier molecular flexibility index (Phi) is 5.30. The first kappa shape index (κ1) is 16.4. The zero-order valence-corrected chi connectivity index (χ0v) is 13.7. The van der Waals surface area contributed by atoms with Crippen molar-refractivity contribution in [2.24, 2.45) is 0 Å². The maximum Gasteiger partial charge on any atom is 0.220 e. The minimum atomic E-state index is -0.169. The highest BCUT2D eigenvalue weighted by molar-refractivity contribution is 5.74. The van der Waals surface area contributed by atoms with Gasteiger partial charge in [0, 0.05) is 33.1 Å². The van der Waals surface area contributed by atoms with Crippen LogP contribution in [-0.2, 0) is 9.53 Å². The molecular weight excluding hydrogens is 292 g/mol. The van der Waals surface area contributed by atoms with Crippen LogP contribution in [-0.4, -0.2) is 65.8 Å². The van der Waals surface area contributed by atoms with Gasteiger partial charge in [0.05, 0.1) is 24.9 Å². The topological polar surface area (TPSA) is 53.0 Å². The Morgan fingerprint density at radius 2 is 1.91 bits per heavy atom. The third-order valence-electron chi connectivity index (χ3n) is 4.89. The number of carbonyl (C=O) groups is 1. The third kappa shape index (κ3) is 3.91. The fourth-order valence-electron chi connectivity index (χ4n) is 3.64. The number of likely N-dealkylation sites (tertiary alicyclic amines) is 1. The predicted molar refractivity (Wildman–Crippen MR) is 88.0 cm³/mol. The first-order chi connectivity index (χ1) is 11.1. The van der Waals surface area contributed by atoms with Gasteiger partial charge in [0.1, 0.15) is 0 Å². The van der Waals surface area contributed by atoms with E-state index in [1.54, 1.807) is 6.92 Å². The van der Waals surface area contributed by atoms with Gasteiger partial charge in [-0.1, -0.05) is 30.3 Å². The molecule has 2 aliphatic heterocycles. The molecular formula is C18H26N2O3. The molecule has 0 bridgehead atoms. The van der Waals surface area contributed by atoms with Crippen LogP contribution < -0.4 is 0 Å². The van der Waals surface area contributed by atoms with E-state index in [9.17, 15) is 9.90 Å². The number of benzene rings is 1. The maximum absolute atomic E-state index is 12.1. The van der Waals surface area contributed by atoms with Crippen LogP contribution in [0.5, 0.6) is 0 Å². The van der Waals surface area contributed by atoms with Gasteiger partial charge in [-0.2, -0.15) is 0 Å². The summed E-state index contributed by atoms with van der Waals surface area (Å²) in [6.07, 6.45) is 1.45. The quantitative estimate of drug-likeness (QED) is 0.916. The lowest BCUT2D eigenvalue weighted by Gasteiger charge is -2.43. The van der Waals surface area contributed by atoms with Gasteiger partial charge in [0.15, 0.2) is 0 Å². The van der Waals surface area contributed by atoms with E-state index in [0.29, 0.717) is 13.2 Å². The molecule has 1 aromatic rings. The van der Waals surface area contributed by atoms with Gasteiger partial charge in [0.25, 0.3) is 0 Å². The van der Waals surface area contributed by atoms with Crippen LogP contribution in [0.4, 0.5) is 0 Å². The first-order valence-electron chi connectivity index (χ1n) is 8.49. The Morgan fingerprint density at radius 1 is 1.22 bits per heavy atom. The fourth-order valence-corrected chi connectivity index (χ4v) is 3.64. The molecule has 0 aromatic heterocycles. The average molecular weight is 318 g/mol. The highest BCUT2D eigenvalue weighted by Crippen LogP contribution is 2.30. The molecule has 0 unspecified atom stereocenters. The monoisotopic (exact) mass is 318 g/mol. The summed E-state index contributed by atoms with van der Waals surface area (Å²) in [6, 6.07) is 10.1. The third-order valence-corrected chi connectivity index (χ3v) is 4.89. The van der Waals surface area contributed by atoms with Crippen LogP contribution in [0, 0.1) is 0 Å². The molecule has 23 heavy (non-hydrogen) atoms. The van der Waals surface area contributed by atoms with Crippen molar-refractivity contribution in [2.75, 3.05) is 32.8 Å². The SMILES string of the molecule is CC(=O)N1CCO[C@@H](CN2CCC(O)CC2)[C@@H]1c1ccccc1. The number of morpholine rings is 1. The van der Waals surface area contributed by atoms with Crippen molar-refractivity contribution in [2.45, 2.75) is 38.0 Å². The molecule has 5 nitrogen and oxygen atoms in total. The molecule has 5 heteroatoms. The Balaban J connectivity index is 1.77. The molecule has 0 radical (unpaired) electrons. The van der Waals surface area contributed by atoms with Gasteiger partial charge in [-0.25, -0.2) is 0 Å². The molecule has 2 saturated heterocycles. The Labute approximate surface area is 137 Å². The molecule has 2 aliphatic rings. The molecule has 126 valence electrons. The number of ether oxygens (including phenoxy) is 1. The predicted octanol–water partition coefficient (Wildman–Crippen LogP) is 1.43. The molecule has 3 rings (SSSR count). The van der Waals surface area contributed by atoms with Crippen molar-refractivity contribution in [1.29, 1.82) is 0 Å². The highest BCUT2D eigenvalue weighted by Gasteiger charge is 2.36. The van der Waals surface area contributed by atoms with E-state index in [-0.39, 0.29) is 24.2 Å². The minimum absolute atomic E-state index is 0.0229. The summed E-state index contributed by atoms with van der Waals surface area (Å²) in [5, 5.41) is 9.67. The number of hydrogen-bond donors (Lipinski definition) is 1. The van der Waals surface area contributed by atoms with Crippen molar-refractivity contribution in [3.63, 3.8) is 0 Å². The maximum atomic E-state index is 12.1. The summed E-state index contributed by atoms with van der Waals surface area (Å²) in [7, 11) is 0. The van der Waals surface area contributed by atoms with E-state index in [4.69, 9.17) is 4.74 Å². The summed E-state index contributed by atoms with van der Waals surface area (Å²) in [5.41, 5.74) is 1.13. The lowest BCUT2D eigenvalue weighted by Crippen LogP contribution is -2.52. The standard InChI is InChI=1S/C18H26N2O3/c1-14(21)20-11-12-23-17(13-19-9-7-16(22)8-10-19)18(20)15-5-3-2-4-6-15/h2-6,16-18,22H,7-13H2,1H3/t17-,18-/m0/s1. The zero-order valence-electron chi connectivity index (χ0n) is 13.7. The molecule has 1 amide bonds. The number of hydrogen-bond acceptors (Lipinski definition) is 4. The number of amides is 1. The van der Waals surface area contributed by atoms with E-state index >= 15 is 0 Å². The lowest BCUT2D eigenvalue weighted by atomic mass is 9.96. The number of piperidine rings is 1. The number of aliphatic hydroxyl groups is 1. The largest absolute Gasteiger partial charge is 0.393 e. The molecule has 2 heterocycles. The van der Waals surface area contributed by atoms with Gasteiger partial charge in [-0.15, -0.1) is 0 Å². The average Bonchev–Trinajstić information content (AvgIpc) is 2.57. The fraction of sp³-hybridized carbons (Fsp3) is 0.611. The lowest BCUT2D eigenvalue weighted by molar-refractivity contribution is -0.146. The second kappa shape index (κ2) is 7.43. The van der Waals surface area contributed by atoms with E-state index < -0.39 is 0 Å². The van der Waals surface area contributed by atoms with Crippen molar-refractivity contribution in [3.05, 3.63) is 35.9 Å². The van der Waals surface area contributed by atoms with Crippen molar-refractivity contribution in [3.8, 4) is 0 Å². The number of aliphatic hydroxyl groups excluding tert-OH is 1. The van der Waals surface area contributed by atoms with Gasteiger partial charge in [-0.05, 0) is 18.4 Å². The second-order valence-electron chi connectivity index (χ2n) is 6.51. The number of rotatable bonds is 3. The van der Waals surface area contributed by atoms with Crippen LogP contribution in [0.2, 0.25) is 0 Å². The minimum Gasteiger partial charge on any atom is -0.393 e. The number of nitrogens with zero attached hydrogens (tertiary/aromatic N) is 2. The molecule has 1 aromatic carbocycles. The van der Waals surface area contributed by atoms with Gasteiger partial charge in [0.2, 0.25) is 5.91 Å². The van der Waals surface area contributed by atoms with E-state index in [2.05, 4.69) is 17.0 Å².